The van der Waals surface area contributed by atoms with Gasteiger partial charge < -0.3 is 15.4 Å². The van der Waals surface area contributed by atoms with Gasteiger partial charge in [-0.15, -0.1) is 0 Å². The van der Waals surface area contributed by atoms with Crippen LogP contribution in [0.5, 0.6) is 5.75 Å². The van der Waals surface area contributed by atoms with Gasteiger partial charge >= 0.3 is 0 Å². The van der Waals surface area contributed by atoms with Crippen molar-refractivity contribution in [1.82, 2.24) is 4.98 Å². The summed E-state index contributed by atoms with van der Waals surface area (Å²) in [5.74, 6) is 0.574. The first-order chi connectivity index (χ1) is 12.7. The van der Waals surface area contributed by atoms with Gasteiger partial charge in [0.1, 0.15) is 5.75 Å². The van der Waals surface area contributed by atoms with E-state index in [0.717, 1.165) is 17.0 Å². The molecular formula is C20H18ClN3O2. The van der Waals surface area contributed by atoms with E-state index in [1.165, 1.54) is 6.20 Å². The molecule has 1 amide bonds. The van der Waals surface area contributed by atoms with Crippen LogP contribution in [0, 0.1) is 0 Å². The summed E-state index contributed by atoms with van der Waals surface area (Å²) in [5, 5.41) is 6.70. The van der Waals surface area contributed by atoms with Crippen LogP contribution in [0.1, 0.15) is 15.9 Å². The lowest BCUT2D eigenvalue weighted by molar-refractivity contribution is 0.102. The van der Waals surface area contributed by atoms with Crippen LogP contribution in [0.25, 0.3) is 0 Å². The molecule has 0 radical (unpaired) electrons. The minimum atomic E-state index is -0.235. The smallest absolute Gasteiger partial charge is 0.257 e. The molecule has 0 bridgehead atoms. The molecule has 0 aliphatic rings. The first-order valence-electron chi connectivity index (χ1n) is 8.03. The van der Waals surface area contributed by atoms with Crippen molar-refractivity contribution >= 4 is 28.9 Å². The predicted molar refractivity (Wildman–Crippen MR) is 104 cm³/mol. The number of para-hydroxylation sites is 1. The zero-order valence-corrected chi connectivity index (χ0v) is 15.0. The second-order valence-corrected chi connectivity index (χ2v) is 6.03. The minimum Gasteiger partial charge on any atom is -0.496 e. The molecule has 5 nitrogen and oxygen atoms in total. The molecule has 6 heteroatoms. The lowest BCUT2D eigenvalue weighted by Gasteiger charge is -2.11. The molecule has 0 saturated heterocycles. The van der Waals surface area contributed by atoms with Crippen LogP contribution in [0.3, 0.4) is 0 Å². The Hall–Kier alpha value is -3.05. The van der Waals surface area contributed by atoms with Crippen LogP contribution in [0.2, 0.25) is 5.02 Å². The van der Waals surface area contributed by atoms with Crippen LogP contribution in [-0.2, 0) is 6.54 Å². The number of halogens is 1. The summed E-state index contributed by atoms with van der Waals surface area (Å²) in [6.07, 6.45) is 3.20. The second kappa shape index (κ2) is 8.36. The molecule has 0 aliphatic carbocycles. The van der Waals surface area contributed by atoms with Crippen molar-refractivity contribution in [3.63, 3.8) is 0 Å². The minimum absolute atomic E-state index is 0.235. The summed E-state index contributed by atoms with van der Waals surface area (Å²) in [4.78, 5) is 16.5. The molecule has 2 aromatic carbocycles. The highest BCUT2D eigenvalue weighted by atomic mass is 35.5. The number of nitrogens with zero attached hydrogens (tertiary/aromatic N) is 1. The van der Waals surface area contributed by atoms with E-state index in [-0.39, 0.29) is 5.91 Å². The Kier molecular flexibility index (Phi) is 5.71. The number of methoxy groups -OCH3 is 1. The molecule has 0 spiro atoms. The van der Waals surface area contributed by atoms with E-state index in [2.05, 4.69) is 15.6 Å². The molecule has 0 atom stereocenters. The fourth-order valence-corrected chi connectivity index (χ4v) is 2.57. The number of ether oxygens (including phenoxy) is 1. The molecule has 0 saturated carbocycles. The Morgan fingerprint density at radius 2 is 1.85 bits per heavy atom. The van der Waals surface area contributed by atoms with Crippen molar-refractivity contribution in [1.29, 1.82) is 0 Å². The number of benzene rings is 2. The van der Waals surface area contributed by atoms with Crippen molar-refractivity contribution in [2.24, 2.45) is 0 Å². The summed E-state index contributed by atoms with van der Waals surface area (Å²) in [5.41, 5.74) is 2.91. The van der Waals surface area contributed by atoms with E-state index in [9.17, 15) is 4.79 Å². The molecular weight excluding hydrogens is 350 g/mol. The van der Waals surface area contributed by atoms with Crippen LogP contribution in [0.4, 0.5) is 11.4 Å². The highest BCUT2D eigenvalue weighted by Gasteiger charge is 2.08. The number of carbonyl (C=O) groups is 1. The summed E-state index contributed by atoms with van der Waals surface area (Å²) < 4.78 is 5.34. The third kappa shape index (κ3) is 4.52. The molecule has 2 N–H and O–H groups in total. The maximum atomic E-state index is 12.4. The summed E-state index contributed by atoms with van der Waals surface area (Å²) >= 11 is 5.85. The number of rotatable bonds is 6. The van der Waals surface area contributed by atoms with Gasteiger partial charge in [0, 0.05) is 35.2 Å². The standard InChI is InChI=1S/C20H18ClN3O2/c1-26-19-5-3-2-4-14(19)12-23-18-10-15(11-22-13-18)20(25)24-17-8-6-16(21)7-9-17/h2-11,13,23H,12H2,1H3,(H,24,25). The zero-order chi connectivity index (χ0) is 18.4. The highest BCUT2D eigenvalue weighted by molar-refractivity contribution is 6.30. The Morgan fingerprint density at radius 1 is 1.08 bits per heavy atom. The SMILES string of the molecule is COc1ccccc1CNc1cncc(C(=O)Nc2ccc(Cl)cc2)c1. The Labute approximate surface area is 157 Å². The first-order valence-corrected chi connectivity index (χ1v) is 8.41. The normalized spacial score (nSPS) is 10.2. The third-order valence-electron chi connectivity index (χ3n) is 3.78. The highest BCUT2D eigenvalue weighted by Crippen LogP contribution is 2.19. The molecule has 26 heavy (non-hydrogen) atoms. The van der Waals surface area contributed by atoms with Gasteiger partial charge in [-0.3, -0.25) is 9.78 Å². The van der Waals surface area contributed by atoms with Crippen molar-refractivity contribution < 1.29 is 9.53 Å². The maximum absolute atomic E-state index is 12.4. The number of aromatic nitrogens is 1. The molecule has 0 aliphatic heterocycles. The van der Waals surface area contributed by atoms with Crippen LogP contribution >= 0.6 is 11.6 Å². The average molecular weight is 368 g/mol. The van der Waals surface area contributed by atoms with Crippen molar-refractivity contribution in [2.45, 2.75) is 6.54 Å². The predicted octanol–water partition coefficient (Wildman–Crippen LogP) is 4.61. The average Bonchev–Trinajstić information content (AvgIpc) is 2.68. The number of pyridine rings is 1. The zero-order valence-electron chi connectivity index (χ0n) is 14.2. The van der Waals surface area contributed by atoms with Crippen molar-refractivity contribution in [2.75, 3.05) is 17.7 Å². The fourth-order valence-electron chi connectivity index (χ4n) is 2.44. The quantitative estimate of drug-likeness (QED) is 0.668. The van der Waals surface area contributed by atoms with Gasteiger partial charge in [0.25, 0.3) is 5.91 Å². The topological polar surface area (TPSA) is 63.2 Å². The third-order valence-corrected chi connectivity index (χ3v) is 4.03. The van der Waals surface area contributed by atoms with Gasteiger partial charge in [0.2, 0.25) is 0 Å². The van der Waals surface area contributed by atoms with Crippen LogP contribution in [0.15, 0.2) is 67.0 Å². The Balaban J connectivity index is 1.67. The first kappa shape index (κ1) is 17.8. The van der Waals surface area contributed by atoms with Crippen LogP contribution < -0.4 is 15.4 Å². The number of hydrogen-bond donors (Lipinski definition) is 2. The largest absolute Gasteiger partial charge is 0.496 e. The van der Waals surface area contributed by atoms with E-state index in [1.807, 2.05) is 24.3 Å². The second-order valence-electron chi connectivity index (χ2n) is 5.59. The van der Waals surface area contributed by atoms with Crippen molar-refractivity contribution in [3.05, 3.63) is 83.1 Å². The molecule has 1 heterocycles. The number of carbonyl (C=O) groups excluding carboxylic acids is 1. The van der Waals surface area contributed by atoms with Gasteiger partial charge in [0.15, 0.2) is 0 Å². The van der Waals surface area contributed by atoms with Gasteiger partial charge in [0.05, 0.1) is 18.4 Å². The summed E-state index contributed by atoms with van der Waals surface area (Å²) in [6.45, 7) is 0.563. The Morgan fingerprint density at radius 3 is 2.62 bits per heavy atom. The molecule has 132 valence electrons. The fraction of sp³-hybridized carbons (Fsp3) is 0.100. The monoisotopic (exact) mass is 367 g/mol. The molecule has 0 fully saturated rings. The summed E-state index contributed by atoms with van der Waals surface area (Å²) in [6, 6.07) is 16.5. The number of hydrogen-bond acceptors (Lipinski definition) is 4. The van der Waals surface area contributed by atoms with Gasteiger partial charge in [-0.2, -0.15) is 0 Å². The number of anilines is 2. The Bertz CT molecular complexity index is 898. The van der Waals surface area contributed by atoms with E-state index in [0.29, 0.717) is 22.8 Å². The van der Waals surface area contributed by atoms with Gasteiger partial charge in [-0.25, -0.2) is 0 Å². The van der Waals surface area contributed by atoms with Crippen LogP contribution in [-0.4, -0.2) is 18.0 Å². The van der Waals surface area contributed by atoms with Gasteiger partial charge in [-0.05, 0) is 36.4 Å². The molecule has 0 unspecified atom stereocenters. The lowest BCUT2D eigenvalue weighted by atomic mass is 10.2. The van der Waals surface area contributed by atoms with Gasteiger partial charge in [-0.1, -0.05) is 29.8 Å². The van der Waals surface area contributed by atoms with E-state index >= 15 is 0 Å². The van der Waals surface area contributed by atoms with E-state index in [4.69, 9.17) is 16.3 Å². The molecule has 3 rings (SSSR count). The molecule has 1 aromatic heterocycles. The van der Waals surface area contributed by atoms with E-state index < -0.39 is 0 Å². The number of amides is 1. The van der Waals surface area contributed by atoms with E-state index in [1.54, 1.807) is 43.6 Å². The molecule has 3 aromatic rings. The maximum Gasteiger partial charge on any atom is 0.257 e. The lowest BCUT2D eigenvalue weighted by Crippen LogP contribution is -2.12. The number of nitrogens with one attached hydrogen (secondary N) is 2. The summed E-state index contributed by atoms with van der Waals surface area (Å²) in [7, 11) is 1.64. The van der Waals surface area contributed by atoms with Crippen molar-refractivity contribution in [3.8, 4) is 5.75 Å².